The Kier molecular flexibility index (Phi) is 3.75. The molecule has 0 aliphatic heterocycles. The zero-order chi connectivity index (χ0) is 14.8. The van der Waals surface area contributed by atoms with Gasteiger partial charge in [-0.15, -0.1) is 11.3 Å². The quantitative estimate of drug-likeness (QED) is 0.943. The lowest BCUT2D eigenvalue weighted by atomic mass is 10.1. The van der Waals surface area contributed by atoms with E-state index in [0.29, 0.717) is 10.4 Å². The number of nitrogens with one attached hydrogen (secondary N) is 1. The van der Waals surface area contributed by atoms with Gasteiger partial charge in [-0.3, -0.25) is 4.72 Å². The number of aryl methyl sites for hydroxylation is 1. The molecule has 7 heteroatoms. The molecule has 0 fully saturated rings. The molecule has 0 saturated carbocycles. The van der Waals surface area contributed by atoms with E-state index in [1.165, 1.54) is 18.2 Å². The molecule has 0 unspecified atom stereocenters. The molecule has 1 aromatic heterocycles. The Balaban J connectivity index is 2.42. The van der Waals surface area contributed by atoms with Crippen LogP contribution in [0, 0.1) is 29.6 Å². The summed E-state index contributed by atoms with van der Waals surface area (Å²) in [6, 6.07) is 11.6. The number of anilines is 1. The molecular formula is C13H9N3O2S2. The van der Waals surface area contributed by atoms with Crippen molar-refractivity contribution in [3.8, 4) is 12.1 Å². The van der Waals surface area contributed by atoms with Crippen molar-refractivity contribution >= 4 is 27.0 Å². The summed E-state index contributed by atoms with van der Waals surface area (Å²) in [5, 5.41) is 17.8. The molecule has 0 spiro atoms. The van der Waals surface area contributed by atoms with Gasteiger partial charge in [0.05, 0.1) is 11.3 Å². The van der Waals surface area contributed by atoms with Gasteiger partial charge in [0.1, 0.15) is 21.2 Å². The number of thiophene rings is 1. The van der Waals surface area contributed by atoms with Gasteiger partial charge in [-0.25, -0.2) is 8.42 Å². The SMILES string of the molecule is Cc1cccc(NS(=O)(=O)c2ccc(C#N)s2)c1C#N. The average Bonchev–Trinajstić information content (AvgIpc) is 2.88. The highest BCUT2D eigenvalue weighted by atomic mass is 32.2. The number of benzene rings is 1. The zero-order valence-electron chi connectivity index (χ0n) is 10.4. The number of hydrogen-bond acceptors (Lipinski definition) is 5. The van der Waals surface area contributed by atoms with Crippen molar-refractivity contribution in [3.05, 3.63) is 46.3 Å². The minimum atomic E-state index is -3.79. The molecule has 0 bridgehead atoms. The van der Waals surface area contributed by atoms with E-state index in [4.69, 9.17) is 10.5 Å². The van der Waals surface area contributed by atoms with E-state index in [-0.39, 0.29) is 15.5 Å². The molecular weight excluding hydrogens is 294 g/mol. The van der Waals surface area contributed by atoms with E-state index in [2.05, 4.69) is 4.72 Å². The van der Waals surface area contributed by atoms with Crippen LogP contribution < -0.4 is 4.72 Å². The summed E-state index contributed by atoms with van der Waals surface area (Å²) in [7, 11) is -3.79. The van der Waals surface area contributed by atoms with Gasteiger partial charge in [-0.1, -0.05) is 12.1 Å². The fourth-order valence-electron chi connectivity index (χ4n) is 1.62. The van der Waals surface area contributed by atoms with Crippen LogP contribution in [-0.4, -0.2) is 8.42 Å². The van der Waals surface area contributed by atoms with Crippen LogP contribution in [0.25, 0.3) is 0 Å². The predicted octanol–water partition coefficient (Wildman–Crippen LogP) is 2.60. The third kappa shape index (κ3) is 2.64. The van der Waals surface area contributed by atoms with E-state index < -0.39 is 10.0 Å². The zero-order valence-corrected chi connectivity index (χ0v) is 12.0. The van der Waals surface area contributed by atoms with E-state index in [0.717, 1.165) is 11.3 Å². The van der Waals surface area contributed by atoms with Gasteiger partial charge in [0.25, 0.3) is 10.0 Å². The summed E-state index contributed by atoms with van der Waals surface area (Å²) < 4.78 is 26.8. The van der Waals surface area contributed by atoms with Crippen LogP contribution in [0.1, 0.15) is 16.0 Å². The highest BCUT2D eigenvalue weighted by Crippen LogP contribution is 2.26. The van der Waals surface area contributed by atoms with Crippen molar-refractivity contribution in [2.24, 2.45) is 0 Å². The van der Waals surface area contributed by atoms with E-state index >= 15 is 0 Å². The number of hydrogen-bond donors (Lipinski definition) is 1. The second-order valence-corrected chi connectivity index (χ2v) is 6.94. The summed E-state index contributed by atoms with van der Waals surface area (Å²) in [4.78, 5) is 0.315. The maximum atomic E-state index is 12.2. The number of rotatable bonds is 3. The topological polar surface area (TPSA) is 93.8 Å². The van der Waals surface area contributed by atoms with Crippen molar-refractivity contribution in [1.29, 1.82) is 10.5 Å². The average molecular weight is 303 g/mol. The predicted molar refractivity (Wildman–Crippen MR) is 75.7 cm³/mol. The molecule has 1 N–H and O–H groups in total. The molecule has 0 aliphatic carbocycles. The van der Waals surface area contributed by atoms with Crippen LogP contribution in [0.15, 0.2) is 34.5 Å². The Morgan fingerprint density at radius 3 is 2.50 bits per heavy atom. The highest BCUT2D eigenvalue weighted by Gasteiger charge is 2.19. The minimum absolute atomic E-state index is 0.0412. The maximum Gasteiger partial charge on any atom is 0.271 e. The molecule has 1 aromatic carbocycles. The van der Waals surface area contributed by atoms with Gasteiger partial charge >= 0.3 is 0 Å². The Labute approximate surface area is 120 Å². The van der Waals surface area contributed by atoms with Crippen LogP contribution in [-0.2, 0) is 10.0 Å². The van der Waals surface area contributed by atoms with E-state index in [1.54, 1.807) is 19.1 Å². The first-order valence-electron chi connectivity index (χ1n) is 5.50. The van der Waals surface area contributed by atoms with Crippen molar-refractivity contribution in [2.75, 3.05) is 4.72 Å². The first-order valence-corrected chi connectivity index (χ1v) is 7.80. The molecule has 20 heavy (non-hydrogen) atoms. The number of nitriles is 2. The first-order chi connectivity index (χ1) is 9.47. The largest absolute Gasteiger partial charge is 0.278 e. The molecule has 0 amide bonds. The molecule has 0 radical (unpaired) electrons. The van der Waals surface area contributed by atoms with Crippen molar-refractivity contribution in [3.63, 3.8) is 0 Å². The lowest BCUT2D eigenvalue weighted by Gasteiger charge is -2.09. The Morgan fingerprint density at radius 1 is 1.15 bits per heavy atom. The lowest BCUT2D eigenvalue weighted by Crippen LogP contribution is -2.12. The van der Waals surface area contributed by atoms with Gasteiger partial charge in [-0.2, -0.15) is 10.5 Å². The Bertz CT molecular complexity index is 839. The van der Waals surface area contributed by atoms with Crippen molar-refractivity contribution < 1.29 is 8.42 Å². The summed E-state index contributed by atoms with van der Waals surface area (Å²) in [6.45, 7) is 1.73. The Morgan fingerprint density at radius 2 is 1.90 bits per heavy atom. The van der Waals surface area contributed by atoms with E-state index in [1.807, 2.05) is 12.1 Å². The summed E-state index contributed by atoms with van der Waals surface area (Å²) in [5.41, 5.74) is 1.21. The van der Waals surface area contributed by atoms with Crippen LogP contribution >= 0.6 is 11.3 Å². The smallest absolute Gasteiger partial charge is 0.271 e. The van der Waals surface area contributed by atoms with Gasteiger partial charge in [-0.05, 0) is 30.7 Å². The standard InChI is InChI=1S/C13H9N3O2S2/c1-9-3-2-4-12(11(9)8-15)16-20(17,18)13-6-5-10(7-14)19-13/h2-6,16H,1H3. The van der Waals surface area contributed by atoms with E-state index in [9.17, 15) is 8.42 Å². The van der Waals surface area contributed by atoms with Crippen molar-refractivity contribution in [1.82, 2.24) is 0 Å². The minimum Gasteiger partial charge on any atom is -0.278 e. The van der Waals surface area contributed by atoms with Crippen LogP contribution in [0.2, 0.25) is 0 Å². The molecule has 0 atom stereocenters. The Hall–Kier alpha value is -2.35. The monoisotopic (exact) mass is 303 g/mol. The molecule has 2 aromatic rings. The van der Waals surface area contributed by atoms with Gasteiger partial charge in [0.15, 0.2) is 0 Å². The van der Waals surface area contributed by atoms with Crippen LogP contribution in [0.4, 0.5) is 5.69 Å². The third-order valence-electron chi connectivity index (χ3n) is 2.59. The summed E-state index contributed by atoms with van der Waals surface area (Å²) in [6.07, 6.45) is 0. The maximum absolute atomic E-state index is 12.2. The van der Waals surface area contributed by atoms with Crippen LogP contribution in [0.5, 0.6) is 0 Å². The number of nitrogens with zero attached hydrogens (tertiary/aromatic N) is 2. The normalized spacial score (nSPS) is 10.6. The molecule has 2 rings (SSSR count). The molecule has 0 saturated heterocycles. The first kappa shape index (κ1) is 14.1. The summed E-state index contributed by atoms with van der Waals surface area (Å²) in [5.74, 6) is 0. The fourth-order valence-corrected chi connectivity index (χ4v) is 3.80. The molecule has 100 valence electrons. The molecule has 0 aliphatic rings. The highest BCUT2D eigenvalue weighted by molar-refractivity contribution is 7.94. The van der Waals surface area contributed by atoms with Gasteiger partial charge in [0, 0.05) is 0 Å². The third-order valence-corrected chi connectivity index (χ3v) is 5.43. The second-order valence-electron chi connectivity index (χ2n) is 3.95. The number of sulfonamides is 1. The second kappa shape index (κ2) is 5.33. The lowest BCUT2D eigenvalue weighted by molar-refractivity contribution is 0.603. The van der Waals surface area contributed by atoms with Crippen LogP contribution in [0.3, 0.4) is 0 Å². The summed E-state index contributed by atoms with van der Waals surface area (Å²) >= 11 is 0.882. The van der Waals surface area contributed by atoms with Crippen molar-refractivity contribution in [2.45, 2.75) is 11.1 Å². The molecule has 5 nitrogen and oxygen atoms in total. The molecule has 1 heterocycles. The van der Waals surface area contributed by atoms with Gasteiger partial charge < -0.3 is 0 Å². The van der Waals surface area contributed by atoms with Gasteiger partial charge in [0.2, 0.25) is 0 Å². The fraction of sp³-hybridized carbons (Fsp3) is 0.0769.